The van der Waals surface area contributed by atoms with Crippen LogP contribution >= 0.6 is 24.0 Å². The molecular weight excluding hydrogens is 494 g/mol. The first-order valence-corrected chi connectivity index (χ1v) is 12.6. The van der Waals surface area contributed by atoms with Crippen LogP contribution in [0.5, 0.6) is 11.5 Å². The van der Waals surface area contributed by atoms with E-state index in [9.17, 15) is 9.59 Å². The first kappa shape index (κ1) is 25.5. The predicted octanol–water partition coefficient (Wildman–Crippen LogP) is 5.73. The van der Waals surface area contributed by atoms with Gasteiger partial charge in [-0.05, 0) is 41.8 Å². The van der Waals surface area contributed by atoms with Crippen LogP contribution in [-0.2, 0) is 16.0 Å². The lowest BCUT2D eigenvalue weighted by atomic mass is 10.1. The number of benzene rings is 3. The van der Waals surface area contributed by atoms with E-state index < -0.39 is 18.4 Å². The molecule has 0 aliphatic carbocycles. The van der Waals surface area contributed by atoms with Crippen molar-refractivity contribution in [1.29, 1.82) is 0 Å². The maximum absolute atomic E-state index is 12.7. The van der Waals surface area contributed by atoms with Crippen molar-refractivity contribution in [2.75, 3.05) is 13.2 Å². The van der Waals surface area contributed by atoms with Gasteiger partial charge in [0.15, 0.2) is 11.5 Å². The summed E-state index contributed by atoms with van der Waals surface area (Å²) in [6, 6.07) is 25.4. The maximum Gasteiger partial charge on any atom is 0.323 e. The number of aliphatic carboxylic acids is 1. The van der Waals surface area contributed by atoms with Gasteiger partial charge in [0.05, 0.1) is 11.5 Å². The number of thiocarbonyl (C=S) groups is 1. The lowest BCUT2D eigenvalue weighted by Gasteiger charge is -2.19. The standard InChI is InChI=1S/C28H25NO5S2/c1-19(22-10-6-3-7-11-22)34-24-16-21(17-25-27(32)29(18-26(30)31)28(35)36-25)12-13-23(24)33-15-14-20-8-4-2-5-9-20/h2-13,16-17,19H,14-15,18H2,1H3,(H,30,31)/b25-17+. The van der Waals surface area contributed by atoms with Crippen molar-refractivity contribution < 1.29 is 24.2 Å². The molecular formula is C28H25NO5S2. The number of ether oxygens (including phenoxy) is 2. The van der Waals surface area contributed by atoms with Gasteiger partial charge in [-0.1, -0.05) is 90.7 Å². The molecule has 3 aromatic rings. The first-order valence-electron chi connectivity index (χ1n) is 11.4. The highest BCUT2D eigenvalue weighted by atomic mass is 32.2. The molecule has 0 aromatic heterocycles. The van der Waals surface area contributed by atoms with E-state index in [4.69, 9.17) is 26.8 Å². The SMILES string of the molecule is CC(Oc1cc(/C=C2/SC(=S)N(CC(=O)O)C2=O)ccc1OCCc1ccccc1)c1ccccc1. The molecule has 184 valence electrons. The zero-order valence-corrected chi connectivity index (χ0v) is 21.3. The van der Waals surface area contributed by atoms with Crippen molar-refractivity contribution in [3.8, 4) is 11.5 Å². The number of thioether (sulfide) groups is 1. The van der Waals surface area contributed by atoms with Crippen molar-refractivity contribution in [3.63, 3.8) is 0 Å². The number of rotatable bonds is 10. The summed E-state index contributed by atoms with van der Waals surface area (Å²) in [6.07, 6.45) is 2.21. The minimum absolute atomic E-state index is 0.226. The number of hydrogen-bond donors (Lipinski definition) is 1. The molecule has 4 rings (SSSR count). The molecule has 1 saturated heterocycles. The van der Waals surface area contributed by atoms with E-state index in [1.54, 1.807) is 6.08 Å². The van der Waals surface area contributed by atoms with Gasteiger partial charge in [0.25, 0.3) is 5.91 Å². The smallest absolute Gasteiger partial charge is 0.323 e. The van der Waals surface area contributed by atoms with Crippen LogP contribution in [0, 0.1) is 0 Å². The van der Waals surface area contributed by atoms with Crippen LogP contribution < -0.4 is 9.47 Å². The molecule has 1 fully saturated rings. The fraction of sp³-hybridized carbons (Fsp3) is 0.179. The summed E-state index contributed by atoms with van der Waals surface area (Å²) in [5, 5.41) is 9.06. The quantitative estimate of drug-likeness (QED) is 0.271. The maximum atomic E-state index is 12.7. The minimum Gasteiger partial charge on any atom is -0.489 e. The van der Waals surface area contributed by atoms with Gasteiger partial charge in [-0.15, -0.1) is 0 Å². The third-order valence-electron chi connectivity index (χ3n) is 5.50. The summed E-state index contributed by atoms with van der Waals surface area (Å²) in [7, 11) is 0. The van der Waals surface area contributed by atoms with Crippen LogP contribution in [0.3, 0.4) is 0 Å². The van der Waals surface area contributed by atoms with E-state index in [-0.39, 0.29) is 10.4 Å². The Morgan fingerprint density at radius 3 is 2.44 bits per heavy atom. The van der Waals surface area contributed by atoms with Crippen LogP contribution in [-0.4, -0.2) is 39.4 Å². The van der Waals surface area contributed by atoms with Gasteiger partial charge >= 0.3 is 5.97 Å². The Balaban J connectivity index is 1.56. The average molecular weight is 520 g/mol. The van der Waals surface area contributed by atoms with Crippen LogP contribution in [0.25, 0.3) is 6.08 Å². The topological polar surface area (TPSA) is 76.1 Å². The summed E-state index contributed by atoms with van der Waals surface area (Å²) in [5.74, 6) is -0.385. The molecule has 0 spiro atoms. The highest BCUT2D eigenvalue weighted by Crippen LogP contribution is 2.36. The Labute approximate surface area is 219 Å². The predicted molar refractivity (Wildman–Crippen MR) is 145 cm³/mol. The van der Waals surface area contributed by atoms with E-state index in [1.165, 1.54) is 5.56 Å². The Morgan fingerprint density at radius 2 is 1.75 bits per heavy atom. The molecule has 1 amide bonds. The third kappa shape index (κ3) is 6.53. The molecule has 6 nitrogen and oxygen atoms in total. The zero-order chi connectivity index (χ0) is 25.5. The normalized spacial score (nSPS) is 15.2. The average Bonchev–Trinajstić information content (AvgIpc) is 3.13. The minimum atomic E-state index is -1.12. The number of hydrogen-bond acceptors (Lipinski definition) is 6. The lowest BCUT2D eigenvalue weighted by Crippen LogP contribution is -2.33. The van der Waals surface area contributed by atoms with Gasteiger partial charge < -0.3 is 14.6 Å². The molecule has 0 saturated carbocycles. The van der Waals surface area contributed by atoms with Gasteiger partial charge in [-0.25, -0.2) is 0 Å². The molecule has 0 radical (unpaired) electrons. The van der Waals surface area contributed by atoms with Crippen molar-refractivity contribution in [3.05, 3.63) is 100 Å². The van der Waals surface area contributed by atoms with E-state index in [1.807, 2.05) is 73.7 Å². The van der Waals surface area contributed by atoms with Crippen LogP contribution in [0.1, 0.15) is 29.7 Å². The fourth-order valence-corrected chi connectivity index (χ4v) is 4.91. The molecule has 1 N–H and O–H groups in total. The number of carbonyl (C=O) groups is 2. The van der Waals surface area contributed by atoms with E-state index in [0.29, 0.717) is 23.0 Å². The number of nitrogens with zero attached hydrogens (tertiary/aromatic N) is 1. The number of carboxylic acid groups (broad SMARTS) is 1. The number of carbonyl (C=O) groups excluding carboxylic acids is 1. The van der Waals surface area contributed by atoms with Gasteiger partial charge in [-0.2, -0.15) is 0 Å². The summed E-state index contributed by atoms with van der Waals surface area (Å²) in [4.78, 5) is 25.2. The zero-order valence-electron chi connectivity index (χ0n) is 19.6. The molecule has 36 heavy (non-hydrogen) atoms. The second kappa shape index (κ2) is 11.9. The second-order valence-corrected chi connectivity index (χ2v) is 9.80. The van der Waals surface area contributed by atoms with Gasteiger partial charge in [0.2, 0.25) is 0 Å². The molecule has 1 unspecified atom stereocenters. The third-order valence-corrected chi connectivity index (χ3v) is 6.87. The monoisotopic (exact) mass is 519 g/mol. The number of carboxylic acids is 1. The first-order chi connectivity index (χ1) is 17.4. The molecule has 8 heteroatoms. The van der Waals surface area contributed by atoms with Gasteiger partial charge in [0.1, 0.15) is 17.0 Å². The molecule has 1 heterocycles. The van der Waals surface area contributed by atoms with Crippen molar-refractivity contribution in [2.45, 2.75) is 19.4 Å². The second-order valence-electron chi connectivity index (χ2n) is 8.12. The van der Waals surface area contributed by atoms with E-state index >= 15 is 0 Å². The highest BCUT2D eigenvalue weighted by molar-refractivity contribution is 8.26. The van der Waals surface area contributed by atoms with Gasteiger partial charge in [0, 0.05) is 6.42 Å². The molecule has 1 aliphatic heterocycles. The van der Waals surface area contributed by atoms with Crippen molar-refractivity contribution in [2.24, 2.45) is 0 Å². The van der Waals surface area contributed by atoms with Gasteiger partial charge in [-0.3, -0.25) is 14.5 Å². The summed E-state index contributed by atoms with van der Waals surface area (Å²) < 4.78 is 12.6. The Hall–Kier alpha value is -3.62. The summed E-state index contributed by atoms with van der Waals surface area (Å²) in [6.45, 7) is 1.99. The molecule has 0 bridgehead atoms. The molecule has 1 aliphatic rings. The molecule has 3 aromatic carbocycles. The molecule has 1 atom stereocenters. The van der Waals surface area contributed by atoms with Crippen molar-refractivity contribution in [1.82, 2.24) is 4.90 Å². The lowest BCUT2D eigenvalue weighted by molar-refractivity contribution is -0.140. The van der Waals surface area contributed by atoms with Crippen LogP contribution in [0.2, 0.25) is 0 Å². The number of amides is 1. The summed E-state index contributed by atoms with van der Waals surface area (Å²) in [5.41, 5.74) is 2.92. The largest absolute Gasteiger partial charge is 0.489 e. The van der Waals surface area contributed by atoms with Crippen LogP contribution in [0.4, 0.5) is 0 Å². The van der Waals surface area contributed by atoms with Crippen LogP contribution in [0.15, 0.2) is 83.8 Å². The Morgan fingerprint density at radius 1 is 1.06 bits per heavy atom. The Bertz CT molecular complexity index is 1280. The van der Waals surface area contributed by atoms with E-state index in [0.717, 1.165) is 34.2 Å². The Kier molecular flexibility index (Phi) is 8.40. The fourth-order valence-electron chi connectivity index (χ4n) is 3.65. The van der Waals surface area contributed by atoms with E-state index in [2.05, 4.69) is 12.1 Å². The van der Waals surface area contributed by atoms with Crippen molar-refractivity contribution >= 4 is 46.3 Å². The highest BCUT2D eigenvalue weighted by Gasteiger charge is 2.33. The summed E-state index contributed by atoms with van der Waals surface area (Å²) >= 11 is 6.28.